The summed E-state index contributed by atoms with van der Waals surface area (Å²) in [6.45, 7) is 0.919. The van der Waals surface area contributed by atoms with Gasteiger partial charge in [0.05, 0.1) is 5.92 Å². The number of amides is 2. The maximum atomic E-state index is 13.4. The number of anilines is 2. The molecule has 3 aromatic rings. The lowest BCUT2D eigenvalue weighted by atomic mass is 9.97. The largest absolute Gasteiger partial charge is 0.353 e. The van der Waals surface area contributed by atoms with E-state index in [4.69, 9.17) is 0 Å². The van der Waals surface area contributed by atoms with Crippen LogP contribution in [-0.2, 0) is 16.1 Å². The fourth-order valence-electron chi connectivity index (χ4n) is 3.92. The lowest BCUT2D eigenvalue weighted by Crippen LogP contribution is -2.43. The highest BCUT2D eigenvalue weighted by Gasteiger charge is 2.31. The van der Waals surface area contributed by atoms with Crippen LogP contribution in [0.1, 0.15) is 25.7 Å². The van der Waals surface area contributed by atoms with Crippen molar-refractivity contribution in [2.45, 2.75) is 38.3 Å². The van der Waals surface area contributed by atoms with Crippen molar-refractivity contribution >= 4 is 44.3 Å². The number of hydrogen-bond acceptors (Lipinski definition) is 7. The van der Waals surface area contributed by atoms with Crippen molar-refractivity contribution in [3.63, 3.8) is 0 Å². The number of fused-ring (bicyclic) bond motifs is 1. The normalized spacial score (nSPS) is 18.2. The number of halogens is 2. The van der Waals surface area contributed by atoms with Crippen LogP contribution in [0.4, 0.5) is 19.6 Å². The average Bonchev–Trinajstić information content (AvgIpc) is 3.52. The maximum absolute atomic E-state index is 13.4. The summed E-state index contributed by atoms with van der Waals surface area (Å²) in [6, 6.07) is 3.31. The fourth-order valence-corrected chi connectivity index (χ4v) is 4.93. The molecule has 1 aliphatic carbocycles. The van der Waals surface area contributed by atoms with Crippen molar-refractivity contribution in [1.29, 1.82) is 0 Å². The van der Waals surface area contributed by atoms with E-state index in [9.17, 15) is 23.2 Å². The summed E-state index contributed by atoms with van der Waals surface area (Å²) in [4.78, 5) is 48.4. The van der Waals surface area contributed by atoms with Gasteiger partial charge in [-0.15, -0.1) is 0 Å². The Kier molecular flexibility index (Phi) is 5.98. The van der Waals surface area contributed by atoms with Gasteiger partial charge in [-0.2, -0.15) is 4.98 Å². The highest BCUT2D eigenvalue weighted by Crippen LogP contribution is 2.30. The molecule has 1 atom stereocenters. The minimum Gasteiger partial charge on any atom is -0.353 e. The summed E-state index contributed by atoms with van der Waals surface area (Å²) < 4.78 is 27.9. The van der Waals surface area contributed by atoms with Crippen LogP contribution in [0.15, 0.2) is 29.3 Å². The van der Waals surface area contributed by atoms with E-state index < -0.39 is 23.1 Å². The van der Waals surface area contributed by atoms with Gasteiger partial charge in [0, 0.05) is 30.9 Å². The van der Waals surface area contributed by atoms with Crippen LogP contribution < -0.4 is 21.1 Å². The predicted octanol–water partition coefficient (Wildman–Crippen LogP) is 2.26. The topological polar surface area (TPSA) is 109 Å². The second-order valence-corrected chi connectivity index (χ2v) is 9.55. The molecule has 2 aromatic heterocycles. The van der Waals surface area contributed by atoms with Crippen LogP contribution in [0.5, 0.6) is 0 Å². The molecule has 1 saturated carbocycles. The van der Waals surface area contributed by atoms with Gasteiger partial charge in [0.2, 0.25) is 11.8 Å². The summed E-state index contributed by atoms with van der Waals surface area (Å²) in [6.07, 6.45) is 4.98. The SMILES string of the molecule is O=C(Cn1cnc2nc(N3CCC[C@@H](C(=O)NC4CC4)C3)sc2c1=O)Nc1ccc(F)c(F)c1. The molecule has 1 aromatic carbocycles. The first-order chi connectivity index (χ1) is 16.4. The molecule has 2 amide bonds. The van der Waals surface area contributed by atoms with Gasteiger partial charge in [0.15, 0.2) is 22.4 Å². The van der Waals surface area contributed by atoms with E-state index in [0.717, 1.165) is 48.9 Å². The van der Waals surface area contributed by atoms with Crippen LogP contribution >= 0.6 is 11.3 Å². The van der Waals surface area contributed by atoms with Gasteiger partial charge in [0.25, 0.3) is 5.56 Å². The quantitative estimate of drug-likeness (QED) is 0.551. The molecule has 9 nitrogen and oxygen atoms in total. The number of benzene rings is 1. The summed E-state index contributed by atoms with van der Waals surface area (Å²) in [7, 11) is 0. The Labute approximate surface area is 196 Å². The zero-order chi connectivity index (χ0) is 23.8. The summed E-state index contributed by atoms with van der Waals surface area (Å²) >= 11 is 1.18. The zero-order valence-corrected chi connectivity index (χ0v) is 18.9. The standard InChI is InChI=1S/C22H22F2N6O3S/c23-15-6-5-14(8-16(15)24)26-17(31)10-30-11-25-19-18(21(30)33)34-22(28-19)29-7-1-2-12(9-29)20(32)27-13-3-4-13/h5-6,8,11-13H,1-4,7,9-10H2,(H,26,31)(H,27,32)/t12-/m1/s1. The van der Waals surface area contributed by atoms with Crippen LogP contribution in [0.3, 0.4) is 0 Å². The van der Waals surface area contributed by atoms with Gasteiger partial charge in [-0.1, -0.05) is 11.3 Å². The molecule has 0 unspecified atom stereocenters. The Balaban J connectivity index is 1.29. The minimum atomic E-state index is -1.08. The summed E-state index contributed by atoms with van der Waals surface area (Å²) in [5.41, 5.74) is -0.0579. The van der Waals surface area contributed by atoms with Gasteiger partial charge in [0.1, 0.15) is 17.6 Å². The number of aromatic nitrogens is 3. The predicted molar refractivity (Wildman–Crippen MR) is 123 cm³/mol. The number of nitrogens with one attached hydrogen (secondary N) is 2. The molecule has 1 aliphatic heterocycles. The molecule has 3 heterocycles. The van der Waals surface area contributed by atoms with Crippen molar-refractivity contribution in [1.82, 2.24) is 19.9 Å². The second-order valence-electron chi connectivity index (χ2n) is 8.57. The van der Waals surface area contributed by atoms with Gasteiger partial charge in [-0.3, -0.25) is 19.0 Å². The highest BCUT2D eigenvalue weighted by atomic mass is 32.1. The number of nitrogens with zero attached hydrogens (tertiary/aromatic N) is 4. The van der Waals surface area contributed by atoms with Crippen molar-refractivity contribution in [3.05, 3.63) is 46.5 Å². The molecule has 1 saturated heterocycles. The molecule has 5 rings (SSSR count). The number of piperidine rings is 1. The third-order valence-electron chi connectivity index (χ3n) is 5.88. The van der Waals surface area contributed by atoms with Gasteiger partial charge < -0.3 is 15.5 Å². The van der Waals surface area contributed by atoms with Gasteiger partial charge in [-0.05, 0) is 37.8 Å². The van der Waals surface area contributed by atoms with E-state index in [-0.39, 0.29) is 29.7 Å². The van der Waals surface area contributed by atoms with E-state index >= 15 is 0 Å². The molecular formula is C22H22F2N6O3S. The molecule has 0 bridgehead atoms. The van der Waals surface area contributed by atoms with Crippen LogP contribution in [0.2, 0.25) is 0 Å². The maximum Gasteiger partial charge on any atom is 0.273 e. The number of carbonyl (C=O) groups excluding carboxylic acids is 2. The molecule has 2 N–H and O–H groups in total. The zero-order valence-electron chi connectivity index (χ0n) is 18.1. The third-order valence-corrected chi connectivity index (χ3v) is 6.97. The number of hydrogen-bond donors (Lipinski definition) is 2. The molecular weight excluding hydrogens is 466 g/mol. The number of thiazole rings is 1. The number of carbonyl (C=O) groups is 2. The van der Waals surface area contributed by atoms with Crippen molar-refractivity contribution in [3.8, 4) is 0 Å². The Morgan fingerprint density at radius 1 is 1.18 bits per heavy atom. The van der Waals surface area contributed by atoms with Crippen molar-refractivity contribution < 1.29 is 18.4 Å². The highest BCUT2D eigenvalue weighted by molar-refractivity contribution is 7.22. The number of rotatable bonds is 6. The molecule has 34 heavy (non-hydrogen) atoms. The molecule has 2 fully saturated rings. The molecule has 0 spiro atoms. The van der Waals surface area contributed by atoms with E-state index in [0.29, 0.717) is 22.4 Å². The average molecular weight is 489 g/mol. The Hall–Kier alpha value is -3.41. The first-order valence-electron chi connectivity index (χ1n) is 11.0. The summed E-state index contributed by atoms with van der Waals surface area (Å²) in [5.74, 6) is -2.74. The summed E-state index contributed by atoms with van der Waals surface area (Å²) in [5, 5.41) is 6.11. The Morgan fingerprint density at radius 3 is 2.76 bits per heavy atom. The third kappa shape index (κ3) is 4.76. The van der Waals surface area contributed by atoms with Gasteiger partial charge >= 0.3 is 0 Å². The molecule has 0 radical (unpaired) electrons. The Bertz CT molecular complexity index is 1320. The molecule has 178 valence electrons. The van der Waals surface area contributed by atoms with Crippen molar-refractivity contribution in [2.75, 3.05) is 23.3 Å². The monoisotopic (exact) mass is 488 g/mol. The smallest absolute Gasteiger partial charge is 0.273 e. The van der Waals surface area contributed by atoms with E-state index in [1.54, 1.807) is 0 Å². The first-order valence-corrected chi connectivity index (χ1v) is 11.9. The van der Waals surface area contributed by atoms with Crippen molar-refractivity contribution in [2.24, 2.45) is 5.92 Å². The molecule has 2 aliphatic rings. The Morgan fingerprint density at radius 2 is 2.00 bits per heavy atom. The van der Waals surface area contributed by atoms with Crippen LogP contribution in [0.25, 0.3) is 10.3 Å². The lowest BCUT2D eigenvalue weighted by molar-refractivity contribution is -0.125. The fraction of sp³-hybridized carbons (Fsp3) is 0.409. The second kappa shape index (κ2) is 9.09. The van der Waals surface area contributed by atoms with E-state index in [2.05, 4.69) is 20.6 Å². The molecule has 12 heteroatoms. The van der Waals surface area contributed by atoms with E-state index in [1.807, 2.05) is 4.90 Å². The minimum absolute atomic E-state index is 0.0702. The van der Waals surface area contributed by atoms with Crippen LogP contribution in [-0.4, -0.2) is 45.5 Å². The lowest BCUT2D eigenvalue weighted by Gasteiger charge is -2.31. The first kappa shape index (κ1) is 22.4. The van der Waals surface area contributed by atoms with E-state index in [1.165, 1.54) is 23.7 Å². The van der Waals surface area contributed by atoms with Gasteiger partial charge in [-0.25, -0.2) is 13.8 Å². The van der Waals surface area contributed by atoms with Crippen LogP contribution in [0, 0.1) is 17.6 Å².